The van der Waals surface area contributed by atoms with Crippen LogP contribution in [0.5, 0.6) is 0 Å². The van der Waals surface area contributed by atoms with Gasteiger partial charge in [0.15, 0.2) is 0 Å². The molecule has 1 aliphatic rings. The maximum atomic E-state index is 5.67. The van der Waals surface area contributed by atoms with Crippen LogP contribution in [0.25, 0.3) is 0 Å². The Labute approximate surface area is 127 Å². The normalized spacial score (nSPS) is 16.3. The molecule has 5 heteroatoms. The first-order valence-electron chi connectivity index (χ1n) is 8.11. The summed E-state index contributed by atoms with van der Waals surface area (Å²) in [5.74, 6) is 1.92. The Hall–Kier alpha value is -1.36. The molecule has 1 fully saturated rings. The van der Waals surface area contributed by atoms with E-state index in [1.165, 1.54) is 12.0 Å². The van der Waals surface area contributed by atoms with Crippen molar-refractivity contribution in [3.05, 3.63) is 11.9 Å². The van der Waals surface area contributed by atoms with Crippen molar-refractivity contribution in [2.75, 3.05) is 30.8 Å². The molecule has 2 rings (SSSR count). The fraction of sp³-hybridized carbons (Fsp3) is 0.750. The average Bonchev–Trinajstić information content (AvgIpc) is 2.46. The van der Waals surface area contributed by atoms with Crippen molar-refractivity contribution in [2.24, 2.45) is 0 Å². The second-order valence-corrected chi connectivity index (χ2v) is 5.82. The van der Waals surface area contributed by atoms with Gasteiger partial charge < -0.3 is 15.4 Å². The Bertz CT molecular complexity index is 440. The molecule has 0 spiro atoms. The molecular weight excluding hydrogens is 264 g/mol. The van der Waals surface area contributed by atoms with E-state index in [4.69, 9.17) is 4.74 Å². The van der Waals surface area contributed by atoms with E-state index in [-0.39, 0.29) is 5.60 Å². The van der Waals surface area contributed by atoms with E-state index in [1.807, 2.05) is 7.11 Å². The van der Waals surface area contributed by atoms with Crippen LogP contribution in [0.2, 0.25) is 0 Å². The van der Waals surface area contributed by atoms with Crippen molar-refractivity contribution in [1.29, 1.82) is 0 Å². The molecule has 1 saturated carbocycles. The number of hydrogen-bond acceptors (Lipinski definition) is 5. The highest BCUT2D eigenvalue weighted by Crippen LogP contribution is 2.35. The van der Waals surface area contributed by atoms with Crippen LogP contribution in [0.15, 0.2) is 6.33 Å². The SMILES string of the molecule is CCCNc1ncnc(NCC2(OC)CCC2)c1CCC. The van der Waals surface area contributed by atoms with Gasteiger partial charge in [-0.15, -0.1) is 0 Å². The minimum Gasteiger partial charge on any atom is -0.376 e. The Morgan fingerprint density at radius 2 is 1.86 bits per heavy atom. The summed E-state index contributed by atoms with van der Waals surface area (Å²) in [7, 11) is 1.81. The lowest BCUT2D eigenvalue weighted by Crippen LogP contribution is -2.45. The van der Waals surface area contributed by atoms with Crippen LogP contribution >= 0.6 is 0 Å². The third-order valence-electron chi connectivity index (χ3n) is 4.26. The van der Waals surface area contributed by atoms with Gasteiger partial charge in [0, 0.05) is 25.8 Å². The first kappa shape index (κ1) is 16.0. The first-order valence-corrected chi connectivity index (χ1v) is 8.11. The van der Waals surface area contributed by atoms with Gasteiger partial charge in [0.2, 0.25) is 0 Å². The standard InChI is InChI=1S/C16H28N4O/c1-4-7-13-14(17-10-5-2)19-12-20-15(13)18-11-16(21-3)8-6-9-16/h12H,4-11H2,1-3H3,(H2,17,18,19,20). The van der Waals surface area contributed by atoms with Gasteiger partial charge in [-0.25, -0.2) is 9.97 Å². The van der Waals surface area contributed by atoms with E-state index in [9.17, 15) is 0 Å². The summed E-state index contributed by atoms with van der Waals surface area (Å²) in [5, 5.41) is 6.90. The Morgan fingerprint density at radius 3 is 2.38 bits per heavy atom. The highest BCUT2D eigenvalue weighted by Gasteiger charge is 2.37. The molecule has 1 aromatic rings. The lowest BCUT2D eigenvalue weighted by atomic mass is 9.80. The summed E-state index contributed by atoms with van der Waals surface area (Å²) in [6.45, 7) is 6.11. The van der Waals surface area contributed by atoms with E-state index >= 15 is 0 Å². The lowest BCUT2D eigenvalue weighted by molar-refractivity contribution is -0.0601. The number of hydrogen-bond donors (Lipinski definition) is 2. The molecule has 118 valence electrons. The molecule has 0 amide bonds. The van der Waals surface area contributed by atoms with Crippen LogP contribution < -0.4 is 10.6 Å². The van der Waals surface area contributed by atoms with Crippen molar-refractivity contribution < 1.29 is 4.74 Å². The molecule has 1 aliphatic carbocycles. The molecule has 0 bridgehead atoms. The number of anilines is 2. The molecule has 1 heterocycles. The molecule has 2 N–H and O–H groups in total. The lowest BCUT2D eigenvalue weighted by Gasteiger charge is -2.40. The molecule has 0 aromatic carbocycles. The van der Waals surface area contributed by atoms with E-state index in [0.29, 0.717) is 0 Å². The van der Waals surface area contributed by atoms with Gasteiger partial charge in [-0.3, -0.25) is 0 Å². The largest absolute Gasteiger partial charge is 0.376 e. The third kappa shape index (κ3) is 3.84. The molecule has 1 aromatic heterocycles. The van der Waals surface area contributed by atoms with Gasteiger partial charge in [-0.2, -0.15) is 0 Å². The van der Waals surface area contributed by atoms with Crippen LogP contribution in [-0.4, -0.2) is 35.8 Å². The summed E-state index contributed by atoms with van der Waals surface area (Å²) >= 11 is 0. The molecule has 0 radical (unpaired) electrons. The van der Waals surface area contributed by atoms with Crippen LogP contribution in [0.4, 0.5) is 11.6 Å². The summed E-state index contributed by atoms with van der Waals surface area (Å²) < 4.78 is 5.67. The predicted octanol–water partition coefficient (Wildman–Crippen LogP) is 3.23. The average molecular weight is 292 g/mol. The van der Waals surface area contributed by atoms with Gasteiger partial charge in [0.05, 0.1) is 5.60 Å². The number of ether oxygens (including phenoxy) is 1. The summed E-state index contributed by atoms with van der Waals surface area (Å²) in [6, 6.07) is 0. The molecule has 21 heavy (non-hydrogen) atoms. The van der Waals surface area contributed by atoms with Crippen molar-refractivity contribution >= 4 is 11.6 Å². The van der Waals surface area contributed by atoms with Crippen LogP contribution in [0, 0.1) is 0 Å². The van der Waals surface area contributed by atoms with E-state index in [1.54, 1.807) is 6.33 Å². The van der Waals surface area contributed by atoms with E-state index in [0.717, 1.165) is 56.8 Å². The predicted molar refractivity (Wildman–Crippen MR) is 86.9 cm³/mol. The monoisotopic (exact) mass is 292 g/mol. The van der Waals surface area contributed by atoms with Gasteiger partial charge in [-0.05, 0) is 32.1 Å². The number of nitrogens with zero attached hydrogens (tertiary/aromatic N) is 2. The number of nitrogens with one attached hydrogen (secondary N) is 2. The zero-order chi connectivity index (χ0) is 15.1. The minimum atomic E-state index is 0.00540. The summed E-state index contributed by atoms with van der Waals surface area (Å²) in [5.41, 5.74) is 1.20. The number of aromatic nitrogens is 2. The quantitative estimate of drug-likeness (QED) is 0.732. The highest BCUT2D eigenvalue weighted by atomic mass is 16.5. The molecule has 0 unspecified atom stereocenters. The fourth-order valence-electron chi connectivity index (χ4n) is 2.72. The van der Waals surface area contributed by atoms with Gasteiger partial charge >= 0.3 is 0 Å². The van der Waals surface area contributed by atoms with Gasteiger partial charge in [0.25, 0.3) is 0 Å². The highest BCUT2D eigenvalue weighted by molar-refractivity contribution is 5.57. The topological polar surface area (TPSA) is 59.1 Å². The molecular formula is C16H28N4O. The summed E-state index contributed by atoms with van der Waals surface area (Å²) in [6.07, 6.45) is 8.31. The van der Waals surface area contributed by atoms with Crippen molar-refractivity contribution in [2.45, 2.75) is 58.0 Å². The Kier molecular flexibility index (Phi) is 5.79. The maximum absolute atomic E-state index is 5.67. The Balaban J connectivity index is 2.09. The summed E-state index contributed by atoms with van der Waals surface area (Å²) in [4.78, 5) is 8.84. The second-order valence-electron chi connectivity index (χ2n) is 5.82. The van der Waals surface area contributed by atoms with Crippen molar-refractivity contribution in [3.63, 3.8) is 0 Å². The second kappa shape index (κ2) is 7.59. The van der Waals surface area contributed by atoms with Crippen LogP contribution in [0.1, 0.15) is 51.5 Å². The van der Waals surface area contributed by atoms with E-state index < -0.39 is 0 Å². The number of rotatable bonds is 9. The smallest absolute Gasteiger partial charge is 0.134 e. The maximum Gasteiger partial charge on any atom is 0.134 e. The molecule has 0 atom stereocenters. The van der Waals surface area contributed by atoms with Gasteiger partial charge in [-0.1, -0.05) is 20.3 Å². The van der Waals surface area contributed by atoms with Crippen LogP contribution in [-0.2, 0) is 11.2 Å². The Morgan fingerprint density at radius 1 is 1.14 bits per heavy atom. The van der Waals surface area contributed by atoms with Crippen molar-refractivity contribution in [3.8, 4) is 0 Å². The number of methoxy groups -OCH3 is 1. The zero-order valence-electron chi connectivity index (χ0n) is 13.5. The minimum absolute atomic E-state index is 0.00540. The third-order valence-corrected chi connectivity index (χ3v) is 4.26. The van der Waals surface area contributed by atoms with E-state index in [2.05, 4.69) is 34.4 Å². The van der Waals surface area contributed by atoms with Crippen molar-refractivity contribution in [1.82, 2.24) is 9.97 Å². The van der Waals surface area contributed by atoms with Gasteiger partial charge in [0.1, 0.15) is 18.0 Å². The molecule has 0 saturated heterocycles. The zero-order valence-corrected chi connectivity index (χ0v) is 13.5. The molecule has 0 aliphatic heterocycles. The molecule has 5 nitrogen and oxygen atoms in total. The fourth-order valence-corrected chi connectivity index (χ4v) is 2.72. The first-order chi connectivity index (χ1) is 10.2. The van der Waals surface area contributed by atoms with Crippen LogP contribution in [0.3, 0.4) is 0 Å².